The summed E-state index contributed by atoms with van der Waals surface area (Å²) in [6.45, 7) is 4.21. The van der Waals surface area contributed by atoms with Crippen LogP contribution in [0.15, 0.2) is 48.5 Å². The Labute approximate surface area is 141 Å². The Hall–Kier alpha value is -3.02. The first-order valence-corrected chi connectivity index (χ1v) is 7.70. The molecule has 6 nitrogen and oxygen atoms in total. The van der Waals surface area contributed by atoms with E-state index in [1.54, 1.807) is 31.2 Å². The van der Waals surface area contributed by atoms with Crippen LogP contribution in [0.5, 0.6) is 5.75 Å². The lowest BCUT2D eigenvalue weighted by Crippen LogP contribution is -2.32. The minimum Gasteiger partial charge on any atom is -0.492 e. The normalized spacial score (nSPS) is 11.4. The molecule has 126 valence electrons. The highest BCUT2D eigenvalue weighted by molar-refractivity contribution is 5.97. The minimum atomic E-state index is -0.504. The zero-order valence-corrected chi connectivity index (χ0v) is 13.7. The maximum Gasteiger partial charge on any atom is 0.248 e. The third-order valence-corrected chi connectivity index (χ3v) is 3.39. The largest absolute Gasteiger partial charge is 0.492 e. The molecule has 2 aromatic rings. The monoisotopic (exact) mass is 327 g/mol. The Balaban J connectivity index is 2.01. The maximum atomic E-state index is 12.3. The number of nitrogens with one attached hydrogen (secondary N) is 2. The van der Waals surface area contributed by atoms with Crippen LogP contribution in [-0.2, 0) is 4.79 Å². The van der Waals surface area contributed by atoms with Crippen molar-refractivity contribution in [1.29, 1.82) is 0 Å². The molecule has 0 saturated heterocycles. The molecular formula is C18H21N3O3. The molecule has 0 aliphatic carbocycles. The number of amides is 2. The molecular weight excluding hydrogens is 306 g/mol. The molecule has 0 aliphatic heterocycles. The lowest BCUT2D eigenvalue weighted by molar-refractivity contribution is -0.116. The van der Waals surface area contributed by atoms with Crippen LogP contribution in [0.2, 0.25) is 0 Å². The van der Waals surface area contributed by atoms with Crippen LogP contribution in [0, 0.1) is 0 Å². The summed E-state index contributed by atoms with van der Waals surface area (Å²) in [7, 11) is 0. The van der Waals surface area contributed by atoms with Gasteiger partial charge in [-0.1, -0.05) is 12.1 Å². The molecule has 0 bridgehead atoms. The van der Waals surface area contributed by atoms with Crippen LogP contribution in [0.3, 0.4) is 0 Å². The van der Waals surface area contributed by atoms with Gasteiger partial charge < -0.3 is 21.1 Å². The summed E-state index contributed by atoms with van der Waals surface area (Å²) in [5.74, 6) is -0.00553. The molecule has 0 saturated carbocycles. The third kappa shape index (κ3) is 4.49. The first kappa shape index (κ1) is 17.3. The molecule has 0 heterocycles. The summed E-state index contributed by atoms with van der Waals surface area (Å²) in [5.41, 5.74) is 6.93. The molecule has 6 heteroatoms. The zero-order valence-electron chi connectivity index (χ0n) is 13.7. The van der Waals surface area contributed by atoms with E-state index in [0.29, 0.717) is 23.6 Å². The van der Waals surface area contributed by atoms with Gasteiger partial charge in [0.15, 0.2) is 0 Å². The maximum absolute atomic E-state index is 12.3. The molecule has 0 unspecified atom stereocenters. The van der Waals surface area contributed by atoms with Crippen molar-refractivity contribution in [3.8, 4) is 5.75 Å². The Morgan fingerprint density at radius 1 is 1.12 bits per heavy atom. The molecule has 1 atom stereocenters. The van der Waals surface area contributed by atoms with Gasteiger partial charge in [0.05, 0.1) is 12.3 Å². The summed E-state index contributed by atoms with van der Waals surface area (Å²) in [4.78, 5) is 23.3. The van der Waals surface area contributed by atoms with Gasteiger partial charge in [0.2, 0.25) is 11.8 Å². The van der Waals surface area contributed by atoms with Gasteiger partial charge in [0.1, 0.15) is 11.8 Å². The fourth-order valence-corrected chi connectivity index (χ4v) is 2.13. The molecule has 0 aliphatic rings. The molecule has 0 spiro atoms. The van der Waals surface area contributed by atoms with Crippen molar-refractivity contribution in [2.24, 2.45) is 5.73 Å². The number of hydrogen-bond acceptors (Lipinski definition) is 4. The molecule has 2 rings (SSSR count). The number of para-hydroxylation sites is 2. The quantitative estimate of drug-likeness (QED) is 0.729. The summed E-state index contributed by atoms with van der Waals surface area (Å²) in [6, 6.07) is 13.4. The second-order valence-corrected chi connectivity index (χ2v) is 5.23. The predicted octanol–water partition coefficient (Wildman–Crippen LogP) is 2.62. The number of carbonyl (C=O) groups excluding carboxylic acids is 2. The summed E-state index contributed by atoms with van der Waals surface area (Å²) < 4.78 is 5.53. The van der Waals surface area contributed by atoms with Crippen LogP contribution in [-0.4, -0.2) is 24.5 Å². The summed E-state index contributed by atoms with van der Waals surface area (Å²) in [5, 5.41) is 5.92. The minimum absolute atomic E-state index is 0.201. The van der Waals surface area contributed by atoms with E-state index >= 15 is 0 Å². The second kappa shape index (κ2) is 8.01. The lowest BCUT2D eigenvalue weighted by Gasteiger charge is -2.18. The van der Waals surface area contributed by atoms with Crippen molar-refractivity contribution in [2.45, 2.75) is 19.9 Å². The number of benzene rings is 2. The van der Waals surface area contributed by atoms with E-state index in [-0.39, 0.29) is 5.91 Å². The van der Waals surface area contributed by atoms with E-state index < -0.39 is 11.9 Å². The van der Waals surface area contributed by atoms with Crippen molar-refractivity contribution in [2.75, 3.05) is 17.2 Å². The van der Waals surface area contributed by atoms with Gasteiger partial charge in [0.25, 0.3) is 0 Å². The Morgan fingerprint density at radius 2 is 1.79 bits per heavy atom. The predicted molar refractivity (Wildman–Crippen MR) is 94.3 cm³/mol. The molecule has 0 fully saturated rings. The van der Waals surface area contributed by atoms with Crippen molar-refractivity contribution >= 4 is 23.2 Å². The summed E-state index contributed by atoms with van der Waals surface area (Å²) >= 11 is 0. The zero-order chi connectivity index (χ0) is 17.5. The van der Waals surface area contributed by atoms with Gasteiger partial charge in [-0.2, -0.15) is 0 Å². The van der Waals surface area contributed by atoms with Crippen molar-refractivity contribution in [1.82, 2.24) is 0 Å². The smallest absolute Gasteiger partial charge is 0.248 e. The van der Waals surface area contributed by atoms with Crippen LogP contribution in [0.25, 0.3) is 0 Å². The molecule has 0 aromatic heterocycles. The average molecular weight is 327 g/mol. The molecule has 2 aromatic carbocycles. The van der Waals surface area contributed by atoms with E-state index in [2.05, 4.69) is 10.6 Å². The molecule has 2 amide bonds. The highest BCUT2D eigenvalue weighted by Gasteiger charge is 2.15. The average Bonchev–Trinajstić information content (AvgIpc) is 2.57. The number of rotatable bonds is 7. The van der Waals surface area contributed by atoms with Crippen molar-refractivity contribution < 1.29 is 14.3 Å². The second-order valence-electron chi connectivity index (χ2n) is 5.23. The van der Waals surface area contributed by atoms with Gasteiger partial charge in [0, 0.05) is 11.3 Å². The fraction of sp³-hybridized carbons (Fsp3) is 0.222. The Morgan fingerprint density at radius 3 is 2.42 bits per heavy atom. The van der Waals surface area contributed by atoms with Crippen LogP contribution < -0.4 is 21.1 Å². The standard InChI is InChI=1S/C18H21N3O3/c1-3-24-16-7-5-4-6-15(16)20-12(2)18(23)21-14-10-8-13(9-11-14)17(19)22/h4-12,20H,3H2,1-2H3,(H2,19,22)(H,21,23)/t12-/m0/s1. The first-order valence-electron chi connectivity index (χ1n) is 7.70. The van der Waals surface area contributed by atoms with E-state index in [9.17, 15) is 9.59 Å². The number of nitrogens with two attached hydrogens (primary N) is 1. The lowest BCUT2D eigenvalue weighted by atomic mass is 10.2. The number of primary amides is 1. The van der Waals surface area contributed by atoms with E-state index in [0.717, 1.165) is 5.69 Å². The van der Waals surface area contributed by atoms with Gasteiger partial charge in [-0.05, 0) is 50.2 Å². The number of hydrogen-bond donors (Lipinski definition) is 3. The van der Waals surface area contributed by atoms with Crippen LogP contribution in [0.1, 0.15) is 24.2 Å². The molecule has 24 heavy (non-hydrogen) atoms. The Kier molecular flexibility index (Phi) is 5.78. The topological polar surface area (TPSA) is 93.4 Å². The van der Waals surface area contributed by atoms with Gasteiger partial charge in [-0.15, -0.1) is 0 Å². The van der Waals surface area contributed by atoms with E-state index in [1.807, 2.05) is 31.2 Å². The number of anilines is 2. The van der Waals surface area contributed by atoms with Crippen molar-refractivity contribution in [3.05, 3.63) is 54.1 Å². The van der Waals surface area contributed by atoms with Crippen LogP contribution >= 0.6 is 0 Å². The highest BCUT2D eigenvalue weighted by Crippen LogP contribution is 2.24. The van der Waals surface area contributed by atoms with E-state index in [1.165, 1.54) is 0 Å². The molecule has 4 N–H and O–H groups in total. The Bertz CT molecular complexity index is 714. The van der Waals surface area contributed by atoms with Gasteiger partial charge in [-0.3, -0.25) is 9.59 Å². The first-order chi connectivity index (χ1) is 11.5. The third-order valence-electron chi connectivity index (χ3n) is 3.39. The number of ether oxygens (including phenoxy) is 1. The molecule has 0 radical (unpaired) electrons. The van der Waals surface area contributed by atoms with Crippen LogP contribution in [0.4, 0.5) is 11.4 Å². The van der Waals surface area contributed by atoms with E-state index in [4.69, 9.17) is 10.5 Å². The van der Waals surface area contributed by atoms with Gasteiger partial charge in [-0.25, -0.2) is 0 Å². The summed E-state index contributed by atoms with van der Waals surface area (Å²) in [6.07, 6.45) is 0. The fourth-order valence-electron chi connectivity index (χ4n) is 2.13. The highest BCUT2D eigenvalue weighted by atomic mass is 16.5. The van der Waals surface area contributed by atoms with Gasteiger partial charge >= 0.3 is 0 Å². The van der Waals surface area contributed by atoms with Crippen molar-refractivity contribution in [3.63, 3.8) is 0 Å². The number of carbonyl (C=O) groups is 2. The SMILES string of the molecule is CCOc1ccccc1N[C@@H](C)C(=O)Nc1ccc(C(N)=O)cc1.